The van der Waals surface area contributed by atoms with E-state index in [0.29, 0.717) is 18.0 Å². The van der Waals surface area contributed by atoms with Crippen molar-refractivity contribution in [1.82, 2.24) is 9.88 Å². The van der Waals surface area contributed by atoms with Crippen LogP contribution in [0.3, 0.4) is 0 Å². The quantitative estimate of drug-likeness (QED) is 0.676. The van der Waals surface area contributed by atoms with Crippen LogP contribution in [-0.4, -0.2) is 48.5 Å². The highest BCUT2D eigenvalue weighted by molar-refractivity contribution is 6.22. The van der Waals surface area contributed by atoms with E-state index in [0.717, 1.165) is 35.3 Å². The number of aromatic amines is 1. The van der Waals surface area contributed by atoms with E-state index >= 15 is 0 Å². The van der Waals surface area contributed by atoms with Gasteiger partial charge in [-0.15, -0.1) is 0 Å². The Labute approximate surface area is 174 Å². The lowest BCUT2D eigenvalue weighted by Crippen LogP contribution is -2.44. The highest BCUT2D eigenvalue weighted by Gasteiger charge is 2.43. The second-order valence-corrected chi connectivity index (χ2v) is 7.70. The van der Waals surface area contributed by atoms with Crippen molar-refractivity contribution in [1.29, 1.82) is 0 Å². The minimum absolute atomic E-state index is 0.172. The van der Waals surface area contributed by atoms with E-state index in [9.17, 15) is 9.59 Å². The van der Waals surface area contributed by atoms with Gasteiger partial charge in [-0.3, -0.25) is 14.5 Å². The van der Waals surface area contributed by atoms with Gasteiger partial charge in [0.25, 0.3) is 5.91 Å². The Morgan fingerprint density at radius 3 is 2.63 bits per heavy atom. The smallest absolute Gasteiger partial charge is 0.251 e. The summed E-state index contributed by atoms with van der Waals surface area (Å²) >= 11 is 0. The second-order valence-electron chi connectivity index (χ2n) is 7.70. The Kier molecular flexibility index (Phi) is 4.47. The highest BCUT2D eigenvalue weighted by atomic mass is 16.5. The monoisotopic (exact) mass is 405 g/mol. The maximum Gasteiger partial charge on any atom is 0.251 e. The molecule has 0 saturated carbocycles. The van der Waals surface area contributed by atoms with Crippen LogP contribution >= 0.6 is 0 Å². The van der Waals surface area contributed by atoms with Crippen LogP contribution in [0, 0.1) is 0 Å². The first-order valence-electron chi connectivity index (χ1n) is 10.0. The van der Waals surface area contributed by atoms with E-state index in [2.05, 4.69) is 16.0 Å². The predicted octanol–water partition coefficient (Wildman–Crippen LogP) is 2.88. The lowest BCUT2D eigenvalue weighted by molar-refractivity contribution is -0.123. The van der Waals surface area contributed by atoms with E-state index in [-0.39, 0.29) is 18.2 Å². The number of aromatic nitrogens is 1. The maximum atomic E-state index is 13.2. The standard InChI is InChI=1S/C23H23N3O4/c1-29-15-5-3-4-14(10-15)26-22(27)12-21(23(26)28)25-9-8-17-18-11-16(30-2)6-7-19(18)24-20(17)13-25/h3-7,10-11,21,24H,8-9,12-13H2,1-2H3. The molecule has 2 aliphatic rings. The average molecular weight is 405 g/mol. The molecule has 1 atom stereocenters. The number of methoxy groups -OCH3 is 2. The zero-order chi connectivity index (χ0) is 20.8. The van der Waals surface area contributed by atoms with Crippen molar-refractivity contribution < 1.29 is 19.1 Å². The molecule has 2 aliphatic heterocycles. The molecule has 5 rings (SSSR count). The lowest BCUT2D eigenvalue weighted by Gasteiger charge is -2.30. The molecular formula is C23H23N3O4. The molecule has 1 unspecified atom stereocenters. The number of rotatable bonds is 4. The van der Waals surface area contributed by atoms with Gasteiger partial charge in [0.05, 0.1) is 32.4 Å². The first kappa shape index (κ1) is 18.7. The SMILES string of the molecule is COc1cccc(N2C(=O)CC(N3CCc4c([nH]c5ccc(OC)cc45)C3)C2=O)c1. The van der Waals surface area contributed by atoms with Crippen LogP contribution in [0.1, 0.15) is 17.7 Å². The molecule has 2 amide bonds. The number of fused-ring (bicyclic) bond motifs is 3. The Morgan fingerprint density at radius 1 is 1.03 bits per heavy atom. The van der Waals surface area contributed by atoms with E-state index in [1.54, 1.807) is 38.5 Å². The van der Waals surface area contributed by atoms with E-state index in [1.165, 1.54) is 10.5 Å². The Morgan fingerprint density at radius 2 is 1.83 bits per heavy atom. The van der Waals surface area contributed by atoms with Gasteiger partial charge in [0.1, 0.15) is 11.5 Å². The van der Waals surface area contributed by atoms with Crippen LogP contribution in [-0.2, 0) is 22.6 Å². The number of amides is 2. The number of ether oxygens (including phenoxy) is 2. The summed E-state index contributed by atoms with van der Waals surface area (Å²) in [5.41, 5.74) is 3.99. The van der Waals surface area contributed by atoms with Crippen LogP contribution in [0.25, 0.3) is 10.9 Å². The molecule has 7 heteroatoms. The van der Waals surface area contributed by atoms with Gasteiger partial charge in [-0.05, 0) is 42.3 Å². The molecule has 3 aromatic rings. The van der Waals surface area contributed by atoms with Crippen molar-refractivity contribution in [3.8, 4) is 11.5 Å². The van der Waals surface area contributed by atoms with Crippen molar-refractivity contribution in [2.24, 2.45) is 0 Å². The molecule has 2 aromatic carbocycles. The van der Waals surface area contributed by atoms with Crippen molar-refractivity contribution in [2.75, 3.05) is 25.7 Å². The molecule has 0 radical (unpaired) electrons. The predicted molar refractivity (Wildman–Crippen MR) is 113 cm³/mol. The Hall–Kier alpha value is -3.32. The number of hydrogen-bond acceptors (Lipinski definition) is 5. The Bertz CT molecular complexity index is 1150. The van der Waals surface area contributed by atoms with E-state index in [1.807, 2.05) is 12.1 Å². The summed E-state index contributed by atoms with van der Waals surface area (Å²) in [5.74, 6) is 1.10. The van der Waals surface area contributed by atoms with Gasteiger partial charge >= 0.3 is 0 Å². The van der Waals surface area contributed by atoms with Crippen LogP contribution in [0.2, 0.25) is 0 Å². The van der Waals surface area contributed by atoms with Crippen molar-refractivity contribution in [3.05, 3.63) is 53.7 Å². The largest absolute Gasteiger partial charge is 0.497 e. The fourth-order valence-corrected chi connectivity index (χ4v) is 4.56. The molecule has 1 aromatic heterocycles. The van der Waals surface area contributed by atoms with E-state index in [4.69, 9.17) is 9.47 Å². The summed E-state index contributed by atoms with van der Waals surface area (Å²) in [5, 5.41) is 1.16. The van der Waals surface area contributed by atoms with Gasteiger partial charge < -0.3 is 14.5 Å². The number of benzene rings is 2. The number of H-pyrrole nitrogens is 1. The number of nitrogens with one attached hydrogen (secondary N) is 1. The molecule has 7 nitrogen and oxygen atoms in total. The van der Waals surface area contributed by atoms with Crippen LogP contribution in [0.5, 0.6) is 11.5 Å². The van der Waals surface area contributed by atoms with Gasteiger partial charge in [-0.1, -0.05) is 6.07 Å². The summed E-state index contributed by atoms with van der Waals surface area (Å²) < 4.78 is 10.6. The number of anilines is 1. The van der Waals surface area contributed by atoms with Gasteiger partial charge in [-0.25, -0.2) is 4.90 Å². The zero-order valence-corrected chi connectivity index (χ0v) is 17.0. The summed E-state index contributed by atoms with van der Waals surface area (Å²) in [6.07, 6.45) is 1.01. The number of hydrogen-bond donors (Lipinski definition) is 1. The second kappa shape index (κ2) is 7.18. The minimum Gasteiger partial charge on any atom is -0.497 e. The summed E-state index contributed by atoms with van der Waals surface area (Å²) in [6, 6.07) is 12.6. The molecule has 3 heterocycles. The molecule has 1 saturated heterocycles. The first-order chi connectivity index (χ1) is 14.6. The maximum absolute atomic E-state index is 13.2. The van der Waals surface area contributed by atoms with Crippen LogP contribution in [0.15, 0.2) is 42.5 Å². The van der Waals surface area contributed by atoms with Crippen LogP contribution < -0.4 is 14.4 Å². The van der Waals surface area contributed by atoms with Gasteiger partial charge in [0, 0.05) is 35.8 Å². The van der Waals surface area contributed by atoms with Gasteiger partial charge in [-0.2, -0.15) is 0 Å². The topological polar surface area (TPSA) is 74.9 Å². The molecule has 1 N–H and O–H groups in total. The molecule has 1 fully saturated rings. The van der Waals surface area contributed by atoms with Gasteiger partial charge in [0.15, 0.2) is 0 Å². The lowest BCUT2D eigenvalue weighted by atomic mass is 10.0. The minimum atomic E-state index is -0.446. The molecular weight excluding hydrogens is 382 g/mol. The van der Waals surface area contributed by atoms with Crippen molar-refractivity contribution in [3.63, 3.8) is 0 Å². The molecule has 0 spiro atoms. The normalized spacial score (nSPS) is 19.4. The number of carbonyl (C=O) groups excluding carboxylic acids is 2. The molecule has 0 aliphatic carbocycles. The highest BCUT2D eigenvalue weighted by Crippen LogP contribution is 2.34. The van der Waals surface area contributed by atoms with Crippen LogP contribution in [0.4, 0.5) is 5.69 Å². The third-order valence-corrected chi connectivity index (χ3v) is 6.09. The van der Waals surface area contributed by atoms with Gasteiger partial charge in [0.2, 0.25) is 5.91 Å². The summed E-state index contributed by atoms with van der Waals surface area (Å²) in [7, 11) is 3.23. The zero-order valence-electron chi connectivity index (χ0n) is 17.0. The number of nitrogens with zero attached hydrogens (tertiary/aromatic N) is 2. The molecule has 30 heavy (non-hydrogen) atoms. The third-order valence-electron chi connectivity index (χ3n) is 6.09. The third kappa shape index (κ3) is 2.93. The Balaban J connectivity index is 1.41. The van der Waals surface area contributed by atoms with Crippen molar-refractivity contribution in [2.45, 2.75) is 25.4 Å². The fraction of sp³-hybridized carbons (Fsp3) is 0.304. The summed E-state index contributed by atoms with van der Waals surface area (Å²) in [4.78, 5) is 32.8. The fourth-order valence-electron chi connectivity index (χ4n) is 4.56. The van der Waals surface area contributed by atoms with Crippen molar-refractivity contribution >= 4 is 28.4 Å². The molecule has 154 valence electrons. The van der Waals surface area contributed by atoms with E-state index < -0.39 is 6.04 Å². The summed E-state index contributed by atoms with van der Waals surface area (Å²) in [6.45, 7) is 1.34. The first-order valence-corrected chi connectivity index (χ1v) is 10.0. The number of carbonyl (C=O) groups is 2. The average Bonchev–Trinajstić information content (AvgIpc) is 3.28. The number of imide groups is 1. The molecule has 0 bridgehead atoms.